The lowest BCUT2D eigenvalue weighted by atomic mass is 10.4. The molecule has 0 aliphatic heterocycles. The highest BCUT2D eigenvalue weighted by Crippen LogP contribution is 1.96. The highest BCUT2D eigenvalue weighted by Gasteiger charge is 1.86. The SMILES string of the molecule is C=C(CC)N(C)C.CC. The molecule has 0 bridgehead atoms. The van der Waals surface area contributed by atoms with Crippen molar-refractivity contribution < 1.29 is 0 Å². The second kappa shape index (κ2) is 7.54. The van der Waals surface area contributed by atoms with Crippen molar-refractivity contribution in [1.82, 2.24) is 4.90 Å². The molecule has 0 spiro atoms. The Morgan fingerprint density at radius 1 is 1.33 bits per heavy atom. The predicted octanol–water partition coefficient (Wildman–Crippen LogP) is 2.50. The van der Waals surface area contributed by atoms with Crippen molar-refractivity contribution in [3.05, 3.63) is 12.3 Å². The van der Waals surface area contributed by atoms with Crippen molar-refractivity contribution in [2.45, 2.75) is 27.2 Å². The first-order valence-corrected chi connectivity index (χ1v) is 3.53. The Hall–Kier alpha value is -0.460. The molecule has 56 valence electrons. The van der Waals surface area contributed by atoms with Crippen LogP contribution in [0.2, 0.25) is 0 Å². The molecule has 1 heteroatoms. The first-order valence-electron chi connectivity index (χ1n) is 3.53. The van der Waals surface area contributed by atoms with Crippen LogP contribution in [-0.4, -0.2) is 19.0 Å². The normalized spacial score (nSPS) is 7.22. The van der Waals surface area contributed by atoms with E-state index in [9.17, 15) is 0 Å². The van der Waals surface area contributed by atoms with Crippen LogP contribution in [-0.2, 0) is 0 Å². The molecule has 0 unspecified atom stereocenters. The van der Waals surface area contributed by atoms with Crippen LogP contribution in [0.3, 0.4) is 0 Å². The molecule has 0 rings (SSSR count). The molecule has 9 heavy (non-hydrogen) atoms. The van der Waals surface area contributed by atoms with E-state index >= 15 is 0 Å². The van der Waals surface area contributed by atoms with Crippen LogP contribution >= 0.6 is 0 Å². The molecule has 0 atom stereocenters. The average Bonchev–Trinajstić information content (AvgIpc) is 1.91. The fourth-order valence-corrected chi connectivity index (χ4v) is 0.316. The summed E-state index contributed by atoms with van der Waals surface area (Å²) in [6.07, 6.45) is 1.05. The van der Waals surface area contributed by atoms with Gasteiger partial charge in [-0.3, -0.25) is 0 Å². The van der Waals surface area contributed by atoms with Gasteiger partial charge in [-0.15, -0.1) is 0 Å². The maximum Gasteiger partial charge on any atom is 0.00579 e. The van der Waals surface area contributed by atoms with Gasteiger partial charge in [0.2, 0.25) is 0 Å². The standard InChI is InChI=1S/C6H13N.C2H6/c1-5-6(2)7(3)4;1-2/h2,5H2,1,3-4H3;1-2H3. The molecule has 0 N–H and O–H groups in total. The summed E-state index contributed by atoms with van der Waals surface area (Å²) in [6, 6.07) is 0. The van der Waals surface area contributed by atoms with Crippen molar-refractivity contribution in [1.29, 1.82) is 0 Å². The molecule has 0 aliphatic rings. The Morgan fingerprint density at radius 3 is 1.67 bits per heavy atom. The Kier molecular flexibility index (Phi) is 9.51. The number of hydrogen-bond donors (Lipinski definition) is 0. The maximum atomic E-state index is 3.80. The Balaban J connectivity index is 0. The third-order valence-electron chi connectivity index (χ3n) is 1.04. The molecule has 0 saturated carbocycles. The third-order valence-corrected chi connectivity index (χ3v) is 1.04. The number of nitrogens with zero attached hydrogens (tertiary/aromatic N) is 1. The van der Waals surface area contributed by atoms with Crippen molar-refractivity contribution >= 4 is 0 Å². The van der Waals surface area contributed by atoms with E-state index in [4.69, 9.17) is 0 Å². The smallest absolute Gasteiger partial charge is 0.00579 e. The topological polar surface area (TPSA) is 3.24 Å². The predicted molar refractivity (Wildman–Crippen MR) is 44.5 cm³/mol. The van der Waals surface area contributed by atoms with E-state index < -0.39 is 0 Å². The Morgan fingerprint density at radius 2 is 1.67 bits per heavy atom. The van der Waals surface area contributed by atoms with Crippen molar-refractivity contribution in [2.24, 2.45) is 0 Å². The largest absolute Gasteiger partial charge is 0.381 e. The number of hydrogen-bond acceptors (Lipinski definition) is 1. The zero-order chi connectivity index (χ0) is 7.86. The fraction of sp³-hybridized carbons (Fsp3) is 0.750. The summed E-state index contributed by atoms with van der Waals surface area (Å²) in [5, 5.41) is 0. The fourth-order valence-electron chi connectivity index (χ4n) is 0.316. The molecule has 0 aromatic heterocycles. The first-order chi connectivity index (χ1) is 4.18. The van der Waals surface area contributed by atoms with Crippen LogP contribution in [0.1, 0.15) is 27.2 Å². The van der Waals surface area contributed by atoms with Crippen LogP contribution in [0.25, 0.3) is 0 Å². The number of rotatable bonds is 2. The molecule has 0 saturated heterocycles. The van der Waals surface area contributed by atoms with Gasteiger partial charge in [0.25, 0.3) is 0 Å². The van der Waals surface area contributed by atoms with Gasteiger partial charge in [0.15, 0.2) is 0 Å². The summed E-state index contributed by atoms with van der Waals surface area (Å²) >= 11 is 0. The zero-order valence-electron chi connectivity index (χ0n) is 7.36. The van der Waals surface area contributed by atoms with E-state index in [1.54, 1.807) is 0 Å². The van der Waals surface area contributed by atoms with Gasteiger partial charge < -0.3 is 4.90 Å². The molecule has 0 amide bonds. The third kappa shape index (κ3) is 7.54. The summed E-state index contributed by atoms with van der Waals surface area (Å²) in [7, 11) is 4.01. The summed E-state index contributed by atoms with van der Waals surface area (Å²) < 4.78 is 0. The molecule has 0 aliphatic carbocycles. The van der Waals surface area contributed by atoms with Crippen molar-refractivity contribution in [2.75, 3.05) is 14.1 Å². The van der Waals surface area contributed by atoms with Crippen LogP contribution in [0, 0.1) is 0 Å². The van der Waals surface area contributed by atoms with Gasteiger partial charge in [-0.1, -0.05) is 27.4 Å². The van der Waals surface area contributed by atoms with Gasteiger partial charge in [0, 0.05) is 19.8 Å². The molecule has 1 nitrogen and oxygen atoms in total. The molecule has 0 radical (unpaired) electrons. The van der Waals surface area contributed by atoms with Gasteiger partial charge in [-0.05, 0) is 6.42 Å². The Bertz CT molecular complexity index is 65.0. The summed E-state index contributed by atoms with van der Waals surface area (Å²) in [6.45, 7) is 9.90. The minimum Gasteiger partial charge on any atom is -0.381 e. The number of allylic oxidation sites excluding steroid dienone is 1. The second-order valence-corrected chi connectivity index (χ2v) is 1.81. The van der Waals surface area contributed by atoms with Gasteiger partial charge in [0.1, 0.15) is 0 Å². The van der Waals surface area contributed by atoms with E-state index in [1.807, 2.05) is 32.8 Å². The highest BCUT2D eigenvalue weighted by molar-refractivity contribution is 4.88. The molecule has 0 heterocycles. The lowest BCUT2D eigenvalue weighted by Crippen LogP contribution is -2.08. The van der Waals surface area contributed by atoms with Gasteiger partial charge in [-0.25, -0.2) is 0 Å². The van der Waals surface area contributed by atoms with E-state index in [0.29, 0.717) is 0 Å². The van der Waals surface area contributed by atoms with Crippen LogP contribution in [0.5, 0.6) is 0 Å². The highest BCUT2D eigenvalue weighted by atomic mass is 15.1. The molecular formula is C8H19N. The summed E-state index contributed by atoms with van der Waals surface area (Å²) in [5.41, 5.74) is 1.18. The van der Waals surface area contributed by atoms with E-state index in [2.05, 4.69) is 13.5 Å². The molecule has 0 aromatic rings. The minimum atomic E-state index is 1.05. The summed E-state index contributed by atoms with van der Waals surface area (Å²) in [4.78, 5) is 2.03. The van der Waals surface area contributed by atoms with Crippen molar-refractivity contribution in [3.8, 4) is 0 Å². The quantitative estimate of drug-likeness (QED) is 0.553. The minimum absolute atomic E-state index is 1.05. The molecule has 0 fully saturated rings. The Labute approximate surface area is 59.4 Å². The molecular weight excluding hydrogens is 110 g/mol. The van der Waals surface area contributed by atoms with Crippen LogP contribution in [0.4, 0.5) is 0 Å². The van der Waals surface area contributed by atoms with Crippen LogP contribution < -0.4 is 0 Å². The summed E-state index contributed by atoms with van der Waals surface area (Å²) in [5.74, 6) is 0. The second-order valence-electron chi connectivity index (χ2n) is 1.81. The van der Waals surface area contributed by atoms with E-state index in [0.717, 1.165) is 6.42 Å². The van der Waals surface area contributed by atoms with Gasteiger partial charge in [0.05, 0.1) is 0 Å². The maximum absolute atomic E-state index is 3.80. The monoisotopic (exact) mass is 129 g/mol. The first kappa shape index (κ1) is 11.4. The van der Waals surface area contributed by atoms with Gasteiger partial charge in [-0.2, -0.15) is 0 Å². The average molecular weight is 129 g/mol. The van der Waals surface area contributed by atoms with Crippen molar-refractivity contribution in [3.63, 3.8) is 0 Å². The van der Waals surface area contributed by atoms with Crippen LogP contribution in [0.15, 0.2) is 12.3 Å². The van der Waals surface area contributed by atoms with Gasteiger partial charge >= 0.3 is 0 Å². The van der Waals surface area contributed by atoms with E-state index in [1.165, 1.54) is 5.70 Å². The van der Waals surface area contributed by atoms with E-state index in [-0.39, 0.29) is 0 Å². The molecule has 0 aromatic carbocycles. The zero-order valence-corrected chi connectivity index (χ0v) is 7.36. The lowest BCUT2D eigenvalue weighted by Gasteiger charge is -2.12. The lowest BCUT2D eigenvalue weighted by molar-refractivity contribution is 0.497.